The number of carboxylic acid groups (broad SMARTS) is 1. The number of nitrogens with zero attached hydrogens (tertiary/aromatic N) is 6. The summed E-state index contributed by atoms with van der Waals surface area (Å²) in [4.78, 5) is 23.2. The zero-order valence-corrected chi connectivity index (χ0v) is 19.1. The Labute approximate surface area is 192 Å². The van der Waals surface area contributed by atoms with E-state index in [1.54, 1.807) is 0 Å². The van der Waals surface area contributed by atoms with Crippen LogP contribution in [-0.4, -0.2) is 69.8 Å². The number of carboxylic acids is 1. The lowest BCUT2D eigenvalue weighted by Gasteiger charge is -2.32. The van der Waals surface area contributed by atoms with Crippen molar-refractivity contribution in [1.29, 1.82) is 0 Å². The molecule has 2 fully saturated rings. The van der Waals surface area contributed by atoms with Gasteiger partial charge in [-0.3, -0.25) is 9.80 Å². The molecule has 0 radical (unpaired) electrons. The highest BCUT2D eigenvalue weighted by molar-refractivity contribution is 5.89. The first-order valence-electron chi connectivity index (χ1n) is 11.4. The van der Waals surface area contributed by atoms with Crippen LogP contribution < -0.4 is 15.6 Å². The highest BCUT2D eigenvalue weighted by atomic mass is 16.5. The molecule has 0 bridgehead atoms. The smallest absolute Gasteiger partial charge is 0.300 e. The zero-order chi connectivity index (χ0) is 23.4. The summed E-state index contributed by atoms with van der Waals surface area (Å²) in [6.07, 6.45) is 5.73. The Morgan fingerprint density at radius 2 is 1.82 bits per heavy atom. The van der Waals surface area contributed by atoms with E-state index in [1.165, 1.54) is 19.3 Å². The Balaban J connectivity index is 0.000000601. The van der Waals surface area contributed by atoms with Crippen molar-refractivity contribution in [3.63, 3.8) is 0 Å². The molecule has 2 aliphatic heterocycles. The van der Waals surface area contributed by atoms with Crippen LogP contribution in [0.5, 0.6) is 0 Å². The molecule has 10 heteroatoms. The SMILES string of the molecule is CC(=O)O.CC1CN(c2nc(-c3ccc(N)cc3)nc3c2cnn3N2CCCCC2)CCO1. The lowest BCUT2D eigenvalue weighted by molar-refractivity contribution is -0.134. The molecule has 176 valence electrons. The molecule has 4 heterocycles. The summed E-state index contributed by atoms with van der Waals surface area (Å²) in [5.74, 6) is 0.797. The topological polar surface area (TPSA) is 123 Å². The van der Waals surface area contributed by atoms with Crippen molar-refractivity contribution in [3.8, 4) is 11.4 Å². The number of anilines is 2. The second kappa shape index (κ2) is 10.0. The minimum absolute atomic E-state index is 0.172. The van der Waals surface area contributed by atoms with Crippen LogP contribution in [0.1, 0.15) is 33.1 Å². The first kappa shape index (κ1) is 22.8. The van der Waals surface area contributed by atoms with E-state index in [-0.39, 0.29) is 6.10 Å². The predicted octanol–water partition coefficient (Wildman–Crippen LogP) is 2.51. The fourth-order valence-corrected chi connectivity index (χ4v) is 4.17. The maximum atomic E-state index is 9.00. The van der Waals surface area contributed by atoms with Gasteiger partial charge in [-0.2, -0.15) is 9.89 Å². The Bertz CT molecular complexity index is 1090. The number of aliphatic carboxylic acids is 1. The summed E-state index contributed by atoms with van der Waals surface area (Å²) in [7, 11) is 0. The van der Waals surface area contributed by atoms with E-state index in [1.807, 2.05) is 35.3 Å². The van der Waals surface area contributed by atoms with Gasteiger partial charge in [-0.25, -0.2) is 9.97 Å². The van der Waals surface area contributed by atoms with Gasteiger partial charge in [0.2, 0.25) is 0 Å². The highest BCUT2D eigenvalue weighted by Gasteiger charge is 2.24. The van der Waals surface area contributed by atoms with Crippen LogP contribution in [0.15, 0.2) is 30.5 Å². The maximum absolute atomic E-state index is 9.00. The minimum Gasteiger partial charge on any atom is -0.481 e. The van der Waals surface area contributed by atoms with Crippen LogP contribution in [0.2, 0.25) is 0 Å². The number of fused-ring (bicyclic) bond motifs is 1. The fourth-order valence-electron chi connectivity index (χ4n) is 4.17. The number of aromatic nitrogens is 4. The molecule has 1 unspecified atom stereocenters. The lowest BCUT2D eigenvalue weighted by Crippen LogP contribution is -2.42. The van der Waals surface area contributed by atoms with Crippen LogP contribution in [-0.2, 0) is 9.53 Å². The Kier molecular flexibility index (Phi) is 6.93. The van der Waals surface area contributed by atoms with E-state index >= 15 is 0 Å². The molecule has 33 heavy (non-hydrogen) atoms. The van der Waals surface area contributed by atoms with Crippen LogP contribution in [0, 0.1) is 0 Å². The second-order valence-electron chi connectivity index (χ2n) is 8.42. The van der Waals surface area contributed by atoms with E-state index in [9.17, 15) is 0 Å². The summed E-state index contributed by atoms with van der Waals surface area (Å²) in [6.45, 7) is 7.51. The largest absolute Gasteiger partial charge is 0.481 e. The average Bonchev–Trinajstić information content (AvgIpc) is 3.23. The Morgan fingerprint density at radius 3 is 2.48 bits per heavy atom. The van der Waals surface area contributed by atoms with Crippen molar-refractivity contribution in [2.45, 2.75) is 39.2 Å². The third-order valence-electron chi connectivity index (χ3n) is 5.70. The van der Waals surface area contributed by atoms with Gasteiger partial charge in [0.15, 0.2) is 11.5 Å². The van der Waals surface area contributed by atoms with Crippen molar-refractivity contribution in [3.05, 3.63) is 30.5 Å². The van der Waals surface area contributed by atoms with Gasteiger partial charge in [-0.15, -0.1) is 0 Å². The number of piperidine rings is 1. The van der Waals surface area contributed by atoms with Gasteiger partial charge >= 0.3 is 0 Å². The molecule has 3 N–H and O–H groups in total. The Hall–Kier alpha value is -3.40. The van der Waals surface area contributed by atoms with E-state index in [4.69, 9.17) is 35.4 Å². The number of benzene rings is 1. The normalized spacial score (nSPS) is 18.7. The molecule has 5 rings (SSSR count). The quantitative estimate of drug-likeness (QED) is 0.576. The summed E-state index contributed by atoms with van der Waals surface area (Å²) in [5.41, 5.74) is 8.43. The summed E-state index contributed by atoms with van der Waals surface area (Å²) < 4.78 is 5.74. The van der Waals surface area contributed by atoms with E-state index in [0.29, 0.717) is 12.4 Å². The number of nitrogen functional groups attached to an aromatic ring is 1. The van der Waals surface area contributed by atoms with Crippen LogP contribution in [0.4, 0.5) is 11.5 Å². The third kappa shape index (κ3) is 5.33. The van der Waals surface area contributed by atoms with Crippen molar-refractivity contribution in [1.82, 2.24) is 19.9 Å². The third-order valence-corrected chi connectivity index (χ3v) is 5.70. The van der Waals surface area contributed by atoms with Gasteiger partial charge in [0.1, 0.15) is 5.82 Å². The van der Waals surface area contributed by atoms with Crippen LogP contribution >= 0.6 is 0 Å². The number of nitrogens with two attached hydrogens (primary N) is 1. The van der Waals surface area contributed by atoms with Gasteiger partial charge in [-0.05, 0) is 50.5 Å². The number of ether oxygens (including phenoxy) is 1. The Morgan fingerprint density at radius 1 is 1.12 bits per heavy atom. The number of carbonyl (C=O) groups is 1. The van der Waals surface area contributed by atoms with E-state index in [2.05, 4.69) is 16.8 Å². The summed E-state index contributed by atoms with van der Waals surface area (Å²) in [5, 5.41) is 15.4. The van der Waals surface area contributed by atoms with Gasteiger partial charge in [-0.1, -0.05) is 0 Å². The molecule has 3 aromatic rings. The molecule has 0 spiro atoms. The molecule has 1 aromatic carbocycles. The fraction of sp³-hybridized carbons (Fsp3) is 0.478. The van der Waals surface area contributed by atoms with Gasteiger partial charge in [0.05, 0.1) is 24.3 Å². The molecule has 0 aliphatic carbocycles. The number of hydrogen-bond donors (Lipinski definition) is 2. The molecule has 0 saturated carbocycles. The molecular weight excluding hydrogens is 422 g/mol. The van der Waals surface area contributed by atoms with Crippen molar-refractivity contribution in [2.75, 3.05) is 48.4 Å². The molecule has 2 saturated heterocycles. The number of hydrogen-bond acceptors (Lipinski definition) is 8. The number of morpholine rings is 1. The van der Waals surface area contributed by atoms with Crippen molar-refractivity contribution < 1.29 is 14.6 Å². The van der Waals surface area contributed by atoms with Crippen LogP contribution in [0.3, 0.4) is 0 Å². The molecule has 1 atom stereocenters. The zero-order valence-electron chi connectivity index (χ0n) is 19.1. The lowest BCUT2D eigenvalue weighted by atomic mass is 10.2. The number of rotatable bonds is 3. The monoisotopic (exact) mass is 453 g/mol. The molecule has 2 aliphatic rings. The van der Waals surface area contributed by atoms with E-state index < -0.39 is 5.97 Å². The molecule has 0 amide bonds. The first-order valence-corrected chi connectivity index (χ1v) is 11.4. The van der Waals surface area contributed by atoms with E-state index in [0.717, 1.165) is 61.2 Å². The standard InChI is InChI=1S/C21H27N7O.C2H4O2/c1-15-14-26(11-12-29-15)20-18-13-23-28(27-9-3-2-4-10-27)21(18)25-19(24-20)16-5-7-17(22)8-6-16;1-2(3)4/h5-8,13,15H,2-4,9-12,14,22H2,1H3;1H3,(H,3,4). The second-order valence-corrected chi connectivity index (χ2v) is 8.42. The van der Waals surface area contributed by atoms with Crippen LogP contribution in [0.25, 0.3) is 22.4 Å². The first-order chi connectivity index (χ1) is 15.9. The summed E-state index contributed by atoms with van der Waals surface area (Å²) >= 11 is 0. The highest BCUT2D eigenvalue weighted by Crippen LogP contribution is 2.29. The molecular formula is C23H31N7O3. The predicted molar refractivity (Wildman–Crippen MR) is 128 cm³/mol. The van der Waals surface area contributed by atoms with Crippen molar-refractivity contribution in [2.24, 2.45) is 0 Å². The van der Waals surface area contributed by atoms with Gasteiger partial charge in [0, 0.05) is 44.4 Å². The van der Waals surface area contributed by atoms with Crippen molar-refractivity contribution >= 4 is 28.5 Å². The minimum atomic E-state index is -0.833. The molecule has 10 nitrogen and oxygen atoms in total. The molecule has 2 aromatic heterocycles. The maximum Gasteiger partial charge on any atom is 0.300 e. The average molecular weight is 454 g/mol. The van der Waals surface area contributed by atoms with Gasteiger partial charge < -0.3 is 20.5 Å². The van der Waals surface area contributed by atoms with Gasteiger partial charge in [0.25, 0.3) is 5.97 Å². The summed E-state index contributed by atoms with van der Waals surface area (Å²) in [6, 6.07) is 7.73.